The monoisotopic (exact) mass is 505 g/mol. The lowest BCUT2D eigenvalue weighted by molar-refractivity contribution is -0.138. The van der Waals surface area contributed by atoms with Crippen molar-refractivity contribution in [2.45, 2.75) is 42.9 Å². The summed E-state index contributed by atoms with van der Waals surface area (Å²) < 4.78 is 64.4. The number of amides is 2. The van der Waals surface area contributed by atoms with Crippen molar-refractivity contribution in [1.82, 2.24) is 20.0 Å². The lowest BCUT2D eigenvalue weighted by atomic mass is 10.0. The lowest BCUT2D eigenvalue weighted by Gasteiger charge is -2.43. The van der Waals surface area contributed by atoms with Gasteiger partial charge in [-0.25, -0.2) is 9.18 Å². The molecule has 0 radical (unpaired) electrons. The molecule has 0 aliphatic carbocycles. The van der Waals surface area contributed by atoms with E-state index in [0.29, 0.717) is 60.8 Å². The quantitative estimate of drug-likeness (QED) is 0.580. The molecule has 0 bridgehead atoms. The predicted octanol–water partition coefficient (Wildman–Crippen LogP) is 3.73. The van der Waals surface area contributed by atoms with Crippen molar-refractivity contribution in [3.63, 3.8) is 0 Å². The zero-order valence-corrected chi connectivity index (χ0v) is 19.5. The summed E-state index contributed by atoms with van der Waals surface area (Å²) in [7, 11) is -1.29. The molecule has 13 heteroatoms. The summed E-state index contributed by atoms with van der Waals surface area (Å²) in [5.74, 6) is -0.490. The fourth-order valence-corrected chi connectivity index (χ4v) is 5.45. The first kappa shape index (κ1) is 23.9. The molecule has 2 amide bonds. The van der Waals surface area contributed by atoms with Gasteiger partial charge < -0.3 is 14.7 Å². The number of rotatable bonds is 5. The molecule has 0 saturated carbocycles. The molecule has 1 atom stereocenters. The van der Waals surface area contributed by atoms with Gasteiger partial charge in [0.05, 0.1) is 6.54 Å². The summed E-state index contributed by atoms with van der Waals surface area (Å²) in [5.41, 5.74) is 0.367. The second-order valence-electron chi connectivity index (χ2n) is 8.06. The minimum Gasteiger partial charge on any atom is -0.346 e. The molecule has 4 rings (SSSR count). The fourth-order valence-electron chi connectivity index (χ4n) is 4.16. The third-order valence-corrected chi connectivity index (χ3v) is 7.84. The molecule has 180 valence electrons. The third kappa shape index (κ3) is 5.29. The van der Waals surface area contributed by atoms with Crippen LogP contribution in [0.15, 0.2) is 23.1 Å². The average Bonchev–Trinajstić information content (AvgIpc) is 3.27. The van der Waals surface area contributed by atoms with Gasteiger partial charge in [-0.05, 0) is 31.4 Å². The van der Waals surface area contributed by atoms with Gasteiger partial charge >= 0.3 is 12.2 Å². The molecule has 3 heterocycles. The normalized spacial score (nSPS) is 19.3. The molecule has 0 N–H and O–H groups in total. The van der Waals surface area contributed by atoms with E-state index in [9.17, 15) is 26.6 Å². The van der Waals surface area contributed by atoms with E-state index in [1.807, 2.05) is 0 Å². The molecule has 2 aromatic rings. The number of aromatic nitrogens is 2. The third-order valence-electron chi connectivity index (χ3n) is 5.89. The van der Waals surface area contributed by atoms with E-state index in [4.69, 9.17) is 0 Å². The van der Waals surface area contributed by atoms with E-state index in [1.54, 1.807) is 26.8 Å². The van der Waals surface area contributed by atoms with Crippen molar-refractivity contribution in [2.75, 3.05) is 37.3 Å². The van der Waals surface area contributed by atoms with Crippen molar-refractivity contribution in [1.29, 1.82) is 0 Å². The number of nitrogens with zero attached hydrogens (tertiary/aromatic N) is 5. The summed E-state index contributed by atoms with van der Waals surface area (Å²) in [6.45, 7) is 2.19. The largest absolute Gasteiger partial charge is 0.445 e. The molecule has 33 heavy (non-hydrogen) atoms. The molecule has 1 aromatic carbocycles. The standard InChI is InChI=1S/C20H23F4N5O2S2/c1-33(31)15-4-3-13(16(21)11-15)12-28-7-2-8-29(19(28)30)14-5-9-27(10-6-14)18-26-25-17(32-18)20(22,23)24/h3-4,11,14H,2,5-10,12H2,1H3. The van der Waals surface area contributed by atoms with Gasteiger partial charge in [-0.1, -0.05) is 17.4 Å². The lowest BCUT2D eigenvalue weighted by Crippen LogP contribution is -2.55. The Morgan fingerprint density at radius 3 is 2.48 bits per heavy atom. The highest BCUT2D eigenvalue weighted by Gasteiger charge is 2.38. The van der Waals surface area contributed by atoms with E-state index in [0.717, 1.165) is 6.42 Å². The van der Waals surface area contributed by atoms with Crippen molar-refractivity contribution >= 4 is 33.3 Å². The predicted molar refractivity (Wildman–Crippen MR) is 116 cm³/mol. The molecule has 7 nitrogen and oxygen atoms in total. The highest BCUT2D eigenvalue weighted by atomic mass is 32.2. The van der Waals surface area contributed by atoms with Gasteiger partial charge in [-0.15, -0.1) is 10.2 Å². The van der Waals surface area contributed by atoms with E-state index in [2.05, 4.69) is 10.2 Å². The van der Waals surface area contributed by atoms with E-state index >= 15 is 0 Å². The Bertz CT molecular complexity index is 1040. The van der Waals surface area contributed by atoms with Crippen LogP contribution in [0.3, 0.4) is 0 Å². The number of piperidine rings is 1. The summed E-state index contributed by atoms with van der Waals surface area (Å²) in [6.07, 6.45) is -1.08. The molecule has 1 aromatic heterocycles. The van der Waals surface area contributed by atoms with E-state index in [-0.39, 0.29) is 23.7 Å². The van der Waals surface area contributed by atoms with Gasteiger partial charge in [-0.3, -0.25) is 4.21 Å². The SMILES string of the molecule is CS(=O)c1ccc(CN2CCCN(C3CCN(c4nnc(C(F)(F)F)s4)CC3)C2=O)c(F)c1. The minimum absolute atomic E-state index is 0.0405. The first-order chi connectivity index (χ1) is 15.6. The highest BCUT2D eigenvalue weighted by Crippen LogP contribution is 2.35. The minimum atomic E-state index is -4.51. The number of carbonyl (C=O) groups excluding carboxylic acids is 1. The number of hydrogen-bond acceptors (Lipinski definition) is 6. The number of hydrogen-bond donors (Lipinski definition) is 0. The van der Waals surface area contributed by atoms with Crippen molar-refractivity contribution < 1.29 is 26.6 Å². The van der Waals surface area contributed by atoms with Crippen LogP contribution in [0.5, 0.6) is 0 Å². The Morgan fingerprint density at radius 1 is 1.15 bits per heavy atom. The molecule has 1 unspecified atom stereocenters. The van der Waals surface area contributed by atoms with Crippen LogP contribution in [-0.2, 0) is 23.5 Å². The van der Waals surface area contributed by atoms with Crippen LogP contribution in [0.2, 0.25) is 0 Å². The van der Waals surface area contributed by atoms with Gasteiger partial charge in [0.2, 0.25) is 10.1 Å². The highest BCUT2D eigenvalue weighted by molar-refractivity contribution is 7.84. The van der Waals surface area contributed by atoms with Crippen LogP contribution in [0, 0.1) is 5.82 Å². The molecule has 2 fully saturated rings. The molecular weight excluding hydrogens is 482 g/mol. The van der Waals surface area contributed by atoms with Crippen LogP contribution in [-0.4, -0.2) is 68.7 Å². The van der Waals surface area contributed by atoms with Gasteiger partial charge in [-0.2, -0.15) is 13.2 Å². The zero-order valence-electron chi connectivity index (χ0n) is 17.8. The second-order valence-corrected chi connectivity index (χ2v) is 10.4. The first-order valence-corrected chi connectivity index (χ1v) is 12.8. The fraction of sp³-hybridized carbons (Fsp3) is 0.550. The van der Waals surface area contributed by atoms with Crippen LogP contribution in [0.1, 0.15) is 29.8 Å². The number of urea groups is 1. The number of halogens is 4. The summed E-state index contributed by atoms with van der Waals surface area (Å²) in [5, 5.41) is 6.18. The Kier molecular flexibility index (Phi) is 6.89. The zero-order chi connectivity index (χ0) is 23.8. The van der Waals surface area contributed by atoms with Gasteiger partial charge in [0.15, 0.2) is 0 Å². The summed E-state index contributed by atoms with van der Waals surface area (Å²) >= 11 is 0.525. The van der Waals surface area contributed by atoms with Crippen molar-refractivity contribution in [2.24, 2.45) is 0 Å². The van der Waals surface area contributed by atoms with Crippen molar-refractivity contribution in [3.8, 4) is 0 Å². The summed E-state index contributed by atoms with van der Waals surface area (Å²) in [6, 6.07) is 4.20. The van der Waals surface area contributed by atoms with Crippen LogP contribution >= 0.6 is 11.3 Å². The van der Waals surface area contributed by atoms with Crippen LogP contribution in [0.25, 0.3) is 0 Å². The van der Waals surface area contributed by atoms with Crippen molar-refractivity contribution in [3.05, 3.63) is 34.6 Å². The Labute approximate surface area is 194 Å². The van der Waals surface area contributed by atoms with Crippen LogP contribution < -0.4 is 4.90 Å². The smallest absolute Gasteiger partial charge is 0.346 e. The average molecular weight is 506 g/mol. The summed E-state index contributed by atoms with van der Waals surface area (Å²) in [4.78, 5) is 18.7. The molecule has 2 aliphatic heterocycles. The maximum atomic E-state index is 14.5. The van der Waals surface area contributed by atoms with Crippen LogP contribution in [0.4, 0.5) is 27.5 Å². The van der Waals surface area contributed by atoms with Gasteiger partial charge in [0, 0.05) is 59.7 Å². The number of carbonyl (C=O) groups is 1. The Balaban J connectivity index is 1.37. The second kappa shape index (κ2) is 9.53. The first-order valence-electron chi connectivity index (χ1n) is 10.5. The molecular formula is C20H23F4N5O2S2. The maximum absolute atomic E-state index is 14.5. The van der Waals surface area contributed by atoms with E-state index < -0.39 is 27.8 Å². The Morgan fingerprint density at radius 2 is 1.88 bits per heavy atom. The maximum Gasteiger partial charge on any atom is 0.445 e. The number of alkyl halides is 3. The number of benzene rings is 1. The van der Waals surface area contributed by atoms with Gasteiger partial charge in [0.1, 0.15) is 5.82 Å². The number of anilines is 1. The van der Waals surface area contributed by atoms with Gasteiger partial charge in [0.25, 0.3) is 0 Å². The topological polar surface area (TPSA) is 69.6 Å². The molecule has 0 spiro atoms. The molecule has 2 saturated heterocycles. The Hall–Kier alpha value is -2.28. The van der Waals surface area contributed by atoms with E-state index in [1.165, 1.54) is 12.3 Å². The molecule has 2 aliphatic rings.